The van der Waals surface area contributed by atoms with Gasteiger partial charge in [0.15, 0.2) is 11.2 Å². The second kappa shape index (κ2) is 7.93. The van der Waals surface area contributed by atoms with E-state index < -0.39 is 41.2 Å². The first-order chi connectivity index (χ1) is 17.6. The number of anilines is 2. The van der Waals surface area contributed by atoms with Crippen molar-refractivity contribution in [2.45, 2.75) is 38.5 Å². The topological polar surface area (TPSA) is 143 Å². The Bertz CT molecular complexity index is 1470. The zero-order valence-corrected chi connectivity index (χ0v) is 20.5. The van der Waals surface area contributed by atoms with Gasteiger partial charge >= 0.3 is 6.03 Å². The maximum atomic E-state index is 16.2. The lowest BCUT2D eigenvalue weighted by Gasteiger charge is -2.55. The summed E-state index contributed by atoms with van der Waals surface area (Å²) >= 11 is 0. The smallest absolute Gasteiger partial charge is 0.328 e. The molecule has 3 aromatic rings. The number of benzene rings is 1. The molecule has 37 heavy (non-hydrogen) atoms. The van der Waals surface area contributed by atoms with Gasteiger partial charge in [-0.25, -0.2) is 14.2 Å². The van der Waals surface area contributed by atoms with Crippen LogP contribution in [-0.2, 0) is 20.7 Å². The summed E-state index contributed by atoms with van der Waals surface area (Å²) in [7, 11) is 3.63. The number of carbonyl (C=O) groups excluding carboxylic acids is 3. The molecule has 2 fully saturated rings. The Kier molecular flexibility index (Phi) is 4.99. The SMILES string of the molecule is C[C@@H]1CN2c3c(cc4c(-c5cncc(N(C)C)n5)noc4c3F)CC3(C(=O)NC(=O)NC3=O)[C@H]2[C@H](C)O1. The number of imide groups is 2. The number of hydrogen-bond donors (Lipinski definition) is 2. The van der Waals surface area contributed by atoms with Crippen LogP contribution in [0.2, 0.25) is 0 Å². The average molecular weight is 509 g/mol. The number of halogens is 1. The minimum Gasteiger partial charge on any atom is -0.372 e. The lowest BCUT2D eigenvalue weighted by molar-refractivity contribution is -0.153. The Balaban J connectivity index is 1.58. The van der Waals surface area contributed by atoms with E-state index in [4.69, 9.17) is 9.26 Å². The molecule has 0 aliphatic carbocycles. The quantitative estimate of drug-likeness (QED) is 0.487. The maximum Gasteiger partial charge on any atom is 0.328 e. The molecule has 2 aromatic heterocycles. The Labute approximate surface area is 210 Å². The molecule has 3 atom stereocenters. The number of morpholine rings is 1. The molecule has 3 aliphatic heterocycles. The molecule has 2 saturated heterocycles. The molecule has 0 saturated carbocycles. The third-order valence-electron chi connectivity index (χ3n) is 7.29. The summed E-state index contributed by atoms with van der Waals surface area (Å²) in [6.45, 7) is 3.78. The molecule has 0 radical (unpaired) electrons. The highest BCUT2D eigenvalue weighted by molar-refractivity contribution is 6.20. The molecule has 2 N–H and O–H groups in total. The van der Waals surface area contributed by atoms with Crippen LogP contribution in [0.5, 0.6) is 0 Å². The van der Waals surface area contributed by atoms with E-state index in [1.807, 2.05) is 21.0 Å². The van der Waals surface area contributed by atoms with Gasteiger partial charge in [0.25, 0.3) is 0 Å². The van der Waals surface area contributed by atoms with Crippen molar-refractivity contribution in [2.24, 2.45) is 5.41 Å². The summed E-state index contributed by atoms with van der Waals surface area (Å²) in [5.74, 6) is -1.58. The largest absolute Gasteiger partial charge is 0.372 e. The molecule has 12 nitrogen and oxygen atoms in total. The number of aromatic nitrogens is 3. The molecule has 0 bridgehead atoms. The number of hydrogen-bond acceptors (Lipinski definition) is 10. The second-order valence-corrected chi connectivity index (χ2v) is 9.90. The second-order valence-electron chi connectivity index (χ2n) is 9.90. The highest BCUT2D eigenvalue weighted by Crippen LogP contribution is 2.49. The summed E-state index contributed by atoms with van der Waals surface area (Å²) in [6, 6.07) is -0.0807. The molecular weight excluding hydrogens is 485 g/mol. The number of barbiturate groups is 1. The minimum absolute atomic E-state index is 0.0694. The highest BCUT2D eigenvalue weighted by Gasteiger charge is 2.63. The summed E-state index contributed by atoms with van der Waals surface area (Å²) in [5, 5.41) is 8.88. The Morgan fingerprint density at radius 3 is 2.59 bits per heavy atom. The monoisotopic (exact) mass is 509 g/mol. The highest BCUT2D eigenvalue weighted by atomic mass is 19.1. The van der Waals surface area contributed by atoms with Crippen molar-refractivity contribution in [3.8, 4) is 11.4 Å². The van der Waals surface area contributed by atoms with E-state index in [0.29, 0.717) is 22.5 Å². The van der Waals surface area contributed by atoms with Gasteiger partial charge in [-0.15, -0.1) is 0 Å². The molecule has 192 valence electrons. The lowest BCUT2D eigenvalue weighted by atomic mass is 9.66. The van der Waals surface area contributed by atoms with Gasteiger partial charge in [-0.2, -0.15) is 0 Å². The number of fused-ring (bicyclic) bond motifs is 5. The van der Waals surface area contributed by atoms with E-state index in [2.05, 4.69) is 25.8 Å². The third kappa shape index (κ3) is 3.23. The Hall–Kier alpha value is -4.13. The summed E-state index contributed by atoms with van der Waals surface area (Å²) in [6.07, 6.45) is 2.00. The van der Waals surface area contributed by atoms with E-state index >= 15 is 4.39 Å². The predicted molar refractivity (Wildman–Crippen MR) is 128 cm³/mol. The first kappa shape index (κ1) is 23.3. The first-order valence-electron chi connectivity index (χ1n) is 11.8. The summed E-state index contributed by atoms with van der Waals surface area (Å²) in [4.78, 5) is 50.8. The van der Waals surface area contributed by atoms with Crippen molar-refractivity contribution in [2.75, 3.05) is 30.4 Å². The van der Waals surface area contributed by atoms with Gasteiger partial charge < -0.3 is 19.1 Å². The number of rotatable bonds is 2. The number of nitrogens with one attached hydrogen (secondary N) is 2. The average Bonchev–Trinajstić information content (AvgIpc) is 3.26. The number of ether oxygens (including phenoxy) is 1. The summed E-state index contributed by atoms with van der Waals surface area (Å²) in [5.41, 5.74) is -0.509. The Morgan fingerprint density at radius 1 is 1.16 bits per heavy atom. The molecule has 13 heteroatoms. The first-order valence-corrected chi connectivity index (χ1v) is 11.8. The van der Waals surface area contributed by atoms with Crippen molar-refractivity contribution < 1.29 is 28.0 Å². The van der Waals surface area contributed by atoms with Crippen LogP contribution in [0.1, 0.15) is 19.4 Å². The fraction of sp³-hybridized carbons (Fsp3) is 0.417. The minimum atomic E-state index is -1.72. The van der Waals surface area contributed by atoms with Crippen LogP contribution < -0.4 is 20.4 Å². The molecular formula is C24H24FN7O5. The van der Waals surface area contributed by atoms with E-state index in [-0.39, 0.29) is 36.0 Å². The van der Waals surface area contributed by atoms with Crippen molar-refractivity contribution in [1.82, 2.24) is 25.8 Å². The number of amides is 4. The maximum absolute atomic E-state index is 16.2. The van der Waals surface area contributed by atoms with Crippen LogP contribution in [0, 0.1) is 11.2 Å². The van der Waals surface area contributed by atoms with Gasteiger partial charge in [0.05, 0.1) is 41.7 Å². The molecule has 3 aliphatic rings. The van der Waals surface area contributed by atoms with Gasteiger partial charge in [0.2, 0.25) is 17.4 Å². The van der Waals surface area contributed by atoms with Gasteiger partial charge in [0.1, 0.15) is 17.2 Å². The van der Waals surface area contributed by atoms with Crippen molar-refractivity contribution in [1.29, 1.82) is 0 Å². The van der Waals surface area contributed by atoms with Gasteiger partial charge in [-0.1, -0.05) is 5.16 Å². The van der Waals surface area contributed by atoms with Gasteiger partial charge in [-0.3, -0.25) is 25.2 Å². The predicted octanol–water partition coefficient (Wildman–Crippen LogP) is 1.38. The molecule has 5 heterocycles. The van der Waals surface area contributed by atoms with Crippen molar-refractivity contribution in [3.63, 3.8) is 0 Å². The lowest BCUT2D eigenvalue weighted by Crippen LogP contribution is -2.75. The zero-order valence-electron chi connectivity index (χ0n) is 20.5. The van der Waals surface area contributed by atoms with Crippen LogP contribution in [0.15, 0.2) is 23.0 Å². The van der Waals surface area contributed by atoms with E-state index in [9.17, 15) is 14.4 Å². The van der Waals surface area contributed by atoms with Crippen LogP contribution in [-0.4, -0.2) is 71.9 Å². The third-order valence-corrected chi connectivity index (χ3v) is 7.29. The molecule has 1 spiro atoms. The van der Waals surface area contributed by atoms with E-state index in [1.165, 1.54) is 6.20 Å². The summed E-state index contributed by atoms with van der Waals surface area (Å²) < 4.78 is 27.6. The van der Waals surface area contributed by atoms with E-state index in [1.54, 1.807) is 29.0 Å². The van der Waals surface area contributed by atoms with Crippen molar-refractivity contribution in [3.05, 3.63) is 29.8 Å². The Morgan fingerprint density at radius 2 is 1.89 bits per heavy atom. The normalized spacial score (nSPS) is 24.5. The van der Waals surface area contributed by atoms with Crippen molar-refractivity contribution >= 4 is 40.3 Å². The molecule has 6 rings (SSSR count). The van der Waals surface area contributed by atoms with Crippen LogP contribution in [0.3, 0.4) is 0 Å². The fourth-order valence-electron chi connectivity index (χ4n) is 5.82. The van der Waals surface area contributed by atoms with Crippen LogP contribution in [0.25, 0.3) is 22.4 Å². The molecule has 4 amide bonds. The number of nitrogens with zero attached hydrogens (tertiary/aromatic N) is 5. The number of carbonyl (C=O) groups is 3. The van der Waals surface area contributed by atoms with Crippen LogP contribution in [0.4, 0.5) is 20.7 Å². The van der Waals surface area contributed by atoms with Gasteiger partial charge in [0, 0.05) is 27.1 Å². The fourth-order valence-corrected chi connectivity index (χ4v) is 5.82. The van der Waals surface area contributed by atoms with Gasteiger partial charge in [-0.05, 0) is 25.5 Å². The van der Waals surface area contributed by atoms with Crippen LogP contribution >= 0.6 is 0 Å². The standard InChI is InChI=1S/C24H24FN7O5/c1-10-9-32-18-12(6-24(20(32)11(2)36-10)21(33)28-23(35)29-22(24)34)5-13-17(30-37-19(13)16(18)25)14-7-26-8-15(27-14)31(3)4/h5,7-8,10-11,20H,6,9H2,1-4H3,(H2,28,29,33,34,35)/t10-,11+,20-/m1/s1. The van der Waals surface area contributed by atoms with E-state index in [0.717, 1.165) is 0 Å². The number of urea groups is 1. The molecule has 1 aromatic carbocycles. The molecule has 0 unspecified atom stereocenters. The zero-order chi connectivity index (χ0) is 26.2.